The summed E-state index contributed by atoms with van der Waals surface area (Å²) in [5.74, 6) is -5.98. The van der Waals surface area contributed by atoms with Crippen LogP contribution in [0.4, 0.5) is 0 Å². The summed E-state index contributed by atoms with van der Waals surface area (Å²) in [6.07, 6.45) is 17.4. The molecule has 4 aliphatic rings. The van der Waals surface area contributed by atoms with Gasteiger partial charge in [-0.05, 0) is 87.5 Å². The number of hydrogen-bond donors (Lipinski definition) is 8. The number of ether oxygens (including phenoxy) is 2. The van der Waals surface area contributed by atoms with Gasteiger partial charge in [0.2, 0.25) is 5.76 Å². The maximum Gasteiger partial charge on any atom is 0.472 e. The number of rotatable bonds is 22. The molecular formula is C53H68O19P2. The van der Waals surface area contributed by atoms with E-state index in [9.17, 15) is 63.9 Å². The summed E-state index contributed by atoms with van der Waals surface area (Å²) in [6, 6.07) is 0. The van der Waals surface area contributed by atoms with Gasteiger partial charge in [0.05, 0.1) is 13.2 Å². The van der Waals surface area contributed by atoms with Gasteiger partial charge < -0.3 is 49.9 Å². The first-order valence-electron chi connectivity index (χ1n) is 23.3. The molecular weight excluding hydrogens is 1000 g/mol. The van der Waals surface area contributed by atoms with Crippen molar-refractivity contribution in [3.63, 3.8) is 0 Å². The van der Waals surface area contributed by atoms with Crippen molar-refractivity contribution in [3.05, 3.63) is 165 Å². The van der Waals surface area contributed by atoms with Crippen LogP contribution >= 0.6 is 15.6 Å². The molecule has 74 heavy (non-hydrogen) atoms. The van der Waals surface area contributed by atoms with Crippen LogP contribution in [-0.2, 0) is 51.1 Å². The monoisotopic (exact) mass is 1070 g/mol. The van der Waals surface area contributed by atoms with Crippen LogP contribution in [0.2, 0.25) is 0 Å². The lowest BCUT2D eigenvalue weighted by Crippen LogP contribution is -2.37. The Balaban J connectivity index is 1.26. The number of esters is 1. The summed E-state index contributed by atoms with van der Waals surface area (Å²) in [7, 11) is -9.80. The van der Waals surface area contributed by atoms with Crippen LogP contribution in [0.5, 0.6) is 0 Å². The molecule has 0 saturated carbocycles. The van der Waals surface area contributed by atoms with E-state index in [1.165, 1.54) is 0 Å². The standard InChI is InChI=1S/C53H68O19P2/c1-30(18-14-20-32(3)22-24-37-34(5)43(56)41(26-52(37,8)9)71-73(63,64)67-28-39(54)49-46(59)45(58)36(7)69-49)16-12-13-17-31(2)19-15-21-33(4)23-25-38-35(6)44(57)42(27-53(38,10)11)72-74(65,66)68-29-40(55)50-47(60)48(61)51(62)70-50/h12-25,39-42,49-50,54-55,58-61H,7,26-29H2,1-6,8-11H3,(H,63,64)(H,65,66)/b13-12+,18-14+,19-15+,24-22+,25-23+,30-16+,31-17+,32-20+,33-21+/t39-,40-,41?,42?,49+,50+/m0/s1. The molecule has 8 N–H and O–H groups in total. The molecule has 0 bridgehead atoms. The van der Waals surface area contributed by atoms with E-state index in [4.69, 9.17) is 22.8 Å². The van der Waals surface area contributed by atoms with E-state index in [0.717, 1.165) is 27.9 Å². The predicted octanol–water partition coefficient (Wildman–Crippen LogP) is 9.40. The summed E-state index contributed by atoms with van der Waals surface area (Å²) in [6.45, 7) is 20.0. The normalized spacial score (nSPS) is 26.2. The number of ketones is 2. The molecule has 0 fully saturated rings. The lowest BCUT2D eigenvalue weighted by molar-refractivity contribution is -0.147. The second-order valence-electron chi connectivity index (χ2n) is 19.5. The topological polar surface area (TPSA) is 303 Å². The van der Waals surface area contributed by atoms with Gasteiger partial charge in [-0.25, -0.2) is 13.9 Å². The van der Waals surface area contributed by atoms with Gasteiger partial charge in [0, 0.05) is 0 Å². The lowest BCUT2D eigenvalue weighted by Gasteiger charge is -2.36. The summed E-state index contributed by atoms with van der Waals surface area (Å²) in [5, 5.41) is 59.3. The first-order chi connectivity index (χ1) is 34.3. The highest BCUT2D eigenvalue weighted by Gasteiger charge is 2.46. The summed E-state index contributed by atoms with van der Waals surface area (Å²) in [5.41, 5.74) is 4.57. The quantitative estimate of drug-likeness (QED) is 0.0284. The van der Waals surface area contributed by atoms with E-state index >= 15 is 0 Å². The zero-order valence-corrected chi connectivity index (χ0v) is 44.8. The molecule has 0 amide bonds. The molecule has 2 aliphatic heterocycles. The average Bonchev–Trinajstić information content (AvgIpc) is 3.72. The molecule has 0 spiro atoms. The molecule has 0 aromatic rings. The number of allylic oxidation sites excluding steroid dienone is 20. The largest absolute Gasteiger partial charge is 0.505 e. The van der Waals surface area contributed by atoms with Gasteiger partial charge in [0.15, 0.2) is 46.8 Å². The number of phosphoric ester groups is 2. The van der Waals surface area contributed by atoms with Crippen LogP contribution in [-0.4, -0.2) is 108 Å². The van der Waals surface area contributed by atoms with Gasteiger partial charge in [-0.3, -0.25) is 27.7 Å². The van der Waals surface area contributed by atoms with Crippen molar-refractivity contribution in [3.8, 4) is 0 Å². The van der Waals surface area contributed by atoms with E-state index in [-0.39, 0.29) is 18.6 Å². The number of phosphoric acid groups is 2. The summed E-state index contributed by atoms with van der Waals surface area (Å²) in [4.78, 5) is 58.8. The third kappa shape index (κ3) is 16.4. The van der Waals surface area contributed by atoms with Crippen LogP contribution in [0.1, 0.15) is 82.1 Å². The fourth-order valence-electron chi connectivity index (χ4n) is 8.17. The zero-order valence-electron chi connectivity index (χ0n) is 43.0. The van der Waals surface area contributed by atoms with Crippen molar-refractivity contribution in [2.24, 2.45) is 10.8 Å². The van der Waals surface area contributed by atoms with Gasteiger partial charge in [-0.1, -0.05) is 142 Å². The molecule has 19 nitrogen and oxygen atoms in total. The zero-order chi connectivity index (χ0) is 55.7. The third-order valence-electron chi connectivity index (χ3n) is 12.3. The van der Waals surface area contributed by atoms with Crippen molar-refractivity contribution < 1.29 is 91.5 Å². The Morgan fingerprint density at radius 1 is 0.622 bits per heavy atom. The number of hydrogen-bond acceptors (Lipinski definition) is 17. The predicted molar refractivity (Wildman–Crippen MR) is 275 cm³/mol. The fourth-order valence-corrected chi connectivity index (χ4v) is 9.95. The second kappa shape index (κ2) is 25.2. The minimum Gasteiger partial charge on any atom is -0.505 e. The molecule has 21 heteroatoms. The smallest absolute Gasteiger partial charge is 0.472 e. The van der Waals surface area contributed by atoms with Crippen molar-refractivity contribution >= 4 is 33.2 Å². The van der Waals surface area contributed by atoms with Crippen LogP contribution in [0.3, 0.4) is 0 Å². The number of aliphatic hydroxyl groups excluding tert-OH is 6. The fraction of sp³-hybridized carbons (Fsp3) is 0.415. The second-order valence-corrected chi connectivity index (χ2v) is 22.3. The first kappa shape index (κ1) is 60.9. The number of carbonyl (C=O) groups is 3. The molecule has 0 aromatic carbocycles. The molecule has 0 radical (unpaired) electrons. The minimum atomic E-state index is -4.93. The third-order valence-corrected chi connectivity index (χ3v) is 14.3. The van der Waals surface area contributed by atoms with E-state index in [1.54, 1.807) is 13.8 Å². The number of cyclic esters (lactones) is 1. The Bertz CT molecular complexity index is 2560. The number of carbonyl (C=O) groups excluding carboxylic acids is 3. The highest BCUT2D eigenvalue weighted by Crippen LogP contribution is 2.51. The molecule has 8 atom stereocenters. The Kier molecular flexibility index (Phi) is 20.7. The Morgan fingerprint density at radius 3 is 1.32 bits per heavy atom. The van der Waals surface area contributed by atoms with Crippen LogP contribution in [0.15, 0.2) is 165 Å². The Labute approximate surface area is 431 Å². The Morgan fingerprint density at radius 2 is 0.973 bits per heavy atom. The van der Waals surface area contributed by atoms with Gasteiger partial charge in [-0.2, -0.15) is 0 Å². The van der Waals surface area contributed by atoms with Crippen molar-refractivity contribution in [2.45, 2.75) is 119 Å². The van der Waals surface area contributed by atoms with Crippen LogP contribution < -0.4 is 0 Å². The van der Waals surface area contributed by atoms with E-state index in [1.807, 2.05) is 140 Å². The highest BCUT2D eigenvalue weighted by molar-refractivity contribution is 7.47. The molecule has 4 unspecified atom stereocenters. The molecule has 0 aromatic heterocycles. The van der Waals surface area contributed by atoms with Gasteiger partial charge >= 0.3 is 21.6 Å². The first-order valence-corrected chi connectivity index (χ1v) is 26.3. The highest BCUT2D eigenvalue weighted by atomic mass is 31.2. The maximum atomic E-state index is 13.3. The summed E-state index contributed by atoms with van der Waals surface area (Å²) < 4.78 is 55.5. The number of aliphatic hydroxyl groups is 6. The lowest BCUT2D eigenvalue weighted by atomic mass is 9.71. The maximum absolute atomic E-state index is 13.3. The number of Topliss-reactive ketones (excluding diaryl/α,β-unsaturated/α-hetero) is 2. The van der Waals surface area contributed by atoms with Crippen LogP contribution in [0, 0.1) is 10.8 Å². The van der Waals surface area contributed by atoms with E-state index in [0.29, 0.717) is 16.7 Å². The van der Waals surface area contributed by atoms with E-state index < -0.39 is 117 Å². The summed E-state index contributed by atoms with van der Waals surface area (Å²) >= 11 is 0. The minimum absolute atomic E-state index is 0.0348. The molecule has 404 valence electrons. The van der Waals surface area contributed by atoms with E-state index in [2.05, 4.69) is 11.3 Å². The Hall–Kier alpha value is -5.69. The van der Waals surface area contributed by atoms with Crippen molar-refractivity contribution in [1.29, 1.82) is 0 Å². The van der Waals surface area contributed by atoms with Gasteiger partial charge in [0.25, 0.3) is 0 Å². The van der Waals surface area contributed by atoms with Crippen molar-refractivity contribution in [2.75, 3.05) is 13.2 Å². The molecule has 4 rings (SSSR count). The van der Waals surface area contributed by atoms with Crippen molar-refractivity contribution in [1.82, 2.24) is 0 Å². The van der Waals surface area contributed by atoms with Gasteiger partial charge in [-0.15, -0.1) is 0 Å². The molecule has 2 heterocycles. The average molecular weight is 1070 g/mol. The molecule has 2 aliphatic carbocycles. The molecule has 0 saturated heterocycles. The van der Waals surface area contributed by atoms with Crippen LogP contribution in [0.25, 0.3) is 0 Å². The van der Waals surface area contributed by atoms with Gasteiger partial charge in [0.1, 0.15) is 24.4 Å². The SMILES string of the molecule is C=C1O[C@H]([C@@H](O)COP(=O)(O)OC2CC(C)(C)C(/C=C/C(C)=C/C=C/C(C)=C/C=C/C=C(C)/C=C/C=C(C)/C=C/C3=C(C)C(=O)C(OP(=O)(O)OC[C@H](O)[C@H]4OC(=O)C(O)=C4O)CC3(C)C)=C(C)C2=O)C(O)=C1O.